The maximum atomic E-state index is 13.7. The zero-order valence-corrected chi connectivity index (χ0v) is 34.7. The number of fused-ring (bicyclic) bond motifs is 2. The van der Waals surface area contributed by atoms with Gasteiger partial charge in [-0.3, -0.25) is 19.3 Å². The van der Waals surface area contributed by atoms with Gasteiger partial charge in [-0.25, -0.2) is 4.79 Å². The maximum absolute atomic E-state index is 13.7. The molecule has 2 aromatic carbocycles. The van der Waals surface area contributed by atoms with Crippen LogP contribution in [0.25, 0.3) is 0 Å². The lowest BCUT2D eigenvalue weighted by Gasteiger charge is -2.46. The van der Waals surface area contributed by atoms with Crippen LogP contribution in [-0.2, 0) is 57.6 Å². The lowest BCUT2D eigenvalue weighted by Crippen LogP contribution is -2.65. The van der Waals surface area contributed by atoms with E-state index in [1.807, 2.05) is 36.4 Å². The van der Waals surface area contributed by atoms with Crippen LogP contribution >= 0.6 is 0 Å². The Morgan fingerprint density at radius 1 is 0.786 bits per heavy atom. The zero-order chi connectivity index (χ0) is 41.2. The number of hydrogen-bond acceptors (Lipinski definition) is 11. The monoisotopic (exact) mass is 779 g/mol. The highest BCUT2D eigenvalue weighted by atomic mass is 16.7. The van der Waals surface area contributed by atoms with E-state index in [2.05, 4.69) is 17.9 Å². The average Bonchev–Trinajstić information content (AvgIpc) is 3.11. The molecule has 0 saturated carbocycles. The minimum absolute atomic E-state index is 0.217. The Bertz CT molecular complexity index is 1720. The summed E-state index contributed by atoms with van der Waals surface area (Å²) in [7, 11) is 0. The first-order valence-electron chi connectivity index (χ1n) is 19.9. The number of rotatable bonds is 11. The summed E-state index contributed by atoms with van der Waals surface area (Å²) in [4.78, 5) is 56.4. The van der Waals surface area contributed by atoms with Crippen LogP contribution in [-0.4, -0.2) is 83.7 Å². The highest BCUT2D eigenvalue weighted by Crippen LogP contribution is 2.45. The molecular weight excluding hydrogens is 718 g/mol. The van der Waals surface area contributed by atoms with Gasteiger partial charge in [0.15, 0.2) is 29.8 Å². The Kier molecular flexibility index (Phi) is 13.2. The Hall–Kier alpha value is -4.16. The van der Waals surface area contributed by atoms with Crippen molar-refractivity contribution in [2.45, 2.75) is 145 Å². The fraction of sp³-hybridized carbons (Fsp3) is 0.636. The van der Waals surface area contributed by atoms with Gasteiger partial charge in [0.2, 0.25) is 12.4 Å². The first kappa shape index (κ1) is 43.0. The fourth-order valence-electron chi connectivity index (χ4n) is 7.35. The lowest BCUT2D eigenvalue weighted by atomic mass is 9.75. The number of likely N-dealkylation sites (tertiary alicyclic amines) is 1. The second-order valence-electron chi connectivity index (χ2n) is 18.5. The molecule has 2 heterocycles. The minimum Gasteiger partial charge on any atom is -0.485 e. The molecule has 2 aromatic rings. The molecule has 2 fully saturated rings. The number of carboxylic acids is 1. The first-order valence-corrected chi connectivity index (χ1v) is 19.9. The smallest absolute Gasteiger partial charge is 0.337 e. The van der Waals surface area contributed by atoms with E-state index in [1.165, 1.54) is 0 Å². The standard InChI is InChI=1S/C44H61NO11/c1-11-21-45-22-15-18-28-23-29-27(24-30(28)45)19-20-31(51-25-26-16-13-12-14-17-26)32(29)52-38-36(56-41(50)44(8,9)10)34(55-40(49)43(5,6)7)33(35(53-38)37(46)47)54-39(48)42(2,3)4/h12-14,16-17,19-20,28,30,33-36,38H,11,15,18,21-25H2,1-10H3,(H,46,47)/t28-,30-,33+,34+,35+,36-,38-/m1/s1. The normalized spacial score (nSPS) is 25.6. The van der Waals surface area contributed by atoms with Gasteiger partial charge in [-0.05, 0) is 131 Å². The topological polar surface area (TPSA) is 147 Å². The molecule has 12 nitrogen and oxygen atoms in total. The van der Waals surface area contributed by atoms with Crippen LogP contribution in [0.4, 0.5) is 0 Å². The van der Waals surface area contributed by atoms with Crippen molar-refractivity contribution in [1.29, 1.82) is 0 Å². The van der Waals surface area contributed by atoms with E-state index in [0.717, 1.165) is 55.5 Å². The molecule has 0 spiro atoms. The van der Waals surface area contributed by atoms with Gasteiger partial charge in [0.1, 0.15) is 6.61 Å². The van der Waals surface area contributed by atoms with Crippen molar-refractivity contribution in [3.8, 4) is 11.5 Å². The quantitative estimate of drug-likeness (QED) is 0.187. The predicted molar refractivity (Wildman–Crippen MR) is 208 cm³/mol. The number of hydrogen-bond donors (Lipinski definition) is 1. The Balaban J connectivity index is 1.64. The van der Waals surface area contributed by atoms with Crippen molar-refractivity contribution >= 4 is 23.9 Å². The highest BCUT2D eigenvalue weighted by molar-refractivity contribution is 5.79. The predicted octanol–water partition coefficient (Wildman–Crippen LogP) is 6.92. The second kappa shape index (κ2) is 17.1. The SMILES string of the molecule is CCCN1CCC[C@@H]2Cc3c(ccc(OCc4ccccc4)c3O[C@@H]3O[C@H](C(=O)O)[C@@H](OC(=O)C(C)(C)C)[C@H](OC(=O)C(C)(C)C)[C@H]3OC(=O)C(C)(C)C)C[C@H]21. The Morgan fingerprint density at radius 2 is 1.38 bits per heavy atom. The van der Waals surface area contributed by atoms with Crippen LogP contribution in [0.2, 0.25) is 0 Å². The molecule has 1 aliphatic carbocycles. The molecular formula is C44H61NO11. The summed E-state index contributed by atoms with van der Waals surface area (Å²) in [5, 5.41) is 10.6. The van der Waals surface area contributed by atoms with Crippen LogP contribution in [0.1, 0.15) is 105 Å². The number of esters is 3. The molecule has 3 aliphatic rings. The summed E-state index contributed by atoms with van der Waals surface area (Å²) in [5.41, 5.74) is -0.281. The molecule has 0 unspecified atom stereocenters. The van der Waals surface area contributed by atoms with Crippen molar-refractivity contribution in [2.75, 3.05) is 13.1 Å². The van der Waals surface area contributed by atoms with E-state index in [0.29, 0.717) is 29.9 Å². The highest BCUT2D eigenvalue weighted by Gasteiger charge is 2.57. The van der Waals surface area contributed by atoms with E-state index in [-0.39, 0.29) is 6.61 Å². The molecule has 7 atom stereocenters. The molecule has 0 aromatic heterocycles. The molecule has 56 heavy (non-hydrogen) atoms. The zero-order valence-electron chi connectivity index (χ0n) is 34.7. The van der Waals surface area contributed by atoms with Crippen LogP contribution in [0.3, 0.4) is 0 Å². The van der Waals surface area contributed by atoms with Gasteiger partial charge in [-0.15, -0.1) is 0 Å². The van der Waals surface area contributed by atoms with Gasteiger partial charge in [0.05, 0.1) is 16.2 Å². The minimum atomic E-state index is -1.87. The Morgan fingerprint density at radius 3 is 1.95 bits per heavy atom. The number of aliphatic carboxylic acids is 1. The van der Waals surface area contributed by atoms with Crippen LogP contribution in [0.5, 0.6) is 11.5 Å². The molecule has 12 heteroatoms. The summed E-state index contributed by atoms with van der Waals surface area (Å²) in [6.45, 7) is 19.2. The van der Waals surface area contributed by atoms with Gasteiger partial charge >= 0.3 is 23.9 Å². The lowest BCUT2D eigenvalue weighted by molar-refractivity contribution is -0.287. The Labute approximate surface area is 331 Å². The molecule has 0 bridgehead atoms. The molecule has 0 amide bonds. The van der Waals surface area contributed by atoms with Crippen LogP contribution in [0, 0.1) is 22.2 Å². The summed E-state index contributed by atoms with van der Waals surface area (Å²) in [5.74, 6) is -2.60. The number of carboxylic acid groups (broad SMARTS) is 1. The summed E-state index contributed by atoms with van der Waals surface area (Å²) in [6, 6.07) is 13.9. The van der Waals surface area contributed by atoms with Crippen molar-refractivity contribution in [3.63, 3.8) is 0 Å². The molecule has 2 aliphatic heterocycles. The van der Waals surface area contributed by atoms with Crippen molar-refractivity contribution < 1.29 is 52.7 Å². The average molecular weight is 780 g/mol. The van der Waals surface area contributed by atoms with Gasteiger partial charge < -0.3 is 33.5 Å². The molecule has 308 valence electrons. The van der Waals surface area contributed by atoms with E-state index in [4.69, 9.17) is 28.4 Å². The van der Waals surface area contributed by atoms with Gasteiger partial charge in [-0.2, -0.15) is 0 Å². The van der Waals surface area contributed by atoms with E-state index < -0.39 is 70.8 Å². The summed E-state index contributed by atoms with van der Waals surface area (Å²) < 4.78 is 37.5. The van der Waals surface area contributed by atoms with E-state index in [9.17, 15) is 24.3 Å². The number of carbonyl (C=O) groups excluding carboxylic acids is 3. The van der Waals surface area contributed by atoms with Crippen LogP contribution in [0.15, 0.2) is 42.5 Å². The van der Waals surface area contributed by atoms with Crippen molar-refractivity contribution in [1.82, 2.24) is 4.90 Å². The molecule has 0 radical (unpaired) electrons. The summed E-state index contributed by atoms with van der Waals surface area (Å²) in [6.07, 6.45) is -3.76. The number of nitrogens with zero attached hydrogens (tertiary/aromatic N) is 1. The third-order valence-corrected chi connectivity index (χ3v) is 10.5. The fourth-order valence-corrected chi connectivity index (χ4v) is 7.35. The van der Waals surface area contributed by atoms with Gasteiger partial charge in [0.25, 0.3) is 0 Å². The van der Waals surface area contributed by atoms with E-state index >= 15 is 0 Å². The third-order valence-electron chi connectivity index (χ3n) is 10.5. The maximum Gasteiger partial charge on any atom is 0.337 e. The third kappa shape index (κ3) is 10.0. The van der Waals surface area contributed by atoms with Crippen LogP contribution < -0.4 is 9.47 Å². The molecule has 2 saturated heterocycles. The number of ether oxygens (including phenoxy) is 6. The van der Waals surface area contributed by atoms with E-state index in [1.54, 1.807) is 62.3 Å². The van der Waals surface area contributed by atoms with Crippen molar-refractivity contribution in [3.05, 3.63) is 59.2 Å². The second-order valence-corrected chi connectivity index (χ2v) is 18.5. The first-order chi connectivity index (χ1) is 26.2. The summed E-state index contributed by atoms with van der Waals surface area (Å²) >= 11 is 0. The molecule has 5 rings (SSSR count). The largest absolute Gasteiger partial charge is 0.485 e. The number of benzene rings is 2. The van der Waals surface area contributed by atoms with Gasteiger partial charge in [-0.1, -0.05) is 43.3 Å². The van der Waals surface area contributed by atoms with Crippen molar-refractivity contribution in [2.24, 2.45) is 22.2 Å². The van der Waals surface area contributed by atoms with Gasteiger partial charge in [0, 0.05) is 11.6 Å². The molecule has 1 N–H and O–H groups in total. The number of carbonyl (C=O) groups is 4. The number of piperidine rings is 1.